The fourth-order valence-electron chi connectivity index (χ4n) is 3.20. The highest BCUT2D eigenvalue weighted by Crippen LogP contribution is 2.38. The fraction of sp³-hybridized carbons (Fsp3) is 0.824. The van der Waals surface area contributed by atoms with Crippen LogP contribution in [0.3, 0.4) is 0 Å². The van der Waals surface area contributed by atoms with Gasteiger partial charge in [-0.1, -0.05) is 27.7 Å². The molecule has 1 aliphatic rings. The van der Waals surface area contributed by atoms with E-state index in [9.17, 15) is 0 Å². The van der Waals surface area contributed by atoms with Gasteiger partial charge in [-0.2, -0.15) is 0 Å². The Morgan fingerprint density at radius 3 is 2.76 bits per heavy atom. The van der Waals surface area contributed by atoms with E-state index in [-0.39, 0.29) is 5.60 Å². The number of aromatic nitrogens is 2. The Labute approximate surface area is 129 Å². The van der Waals surface area contributed by atoms with Crippen molar-refractivity contribution in [2.45, 2.75) is 71.9 Å². The van der Waals surface area contributed by atoms with Gasteiger partial charge in [0.2, 0.25) is 5.95 Å². The number of imidazole rings is 1. The average molecular weight is 293 g/mol. The molecule has 1 saturated heterocycles. The lowest BCUT2D eigenvalue weighted by atomic mass is 9.86. The van der Waals surface area contributed by atoms with Gasteiger partial charge < -0.3 is 14.6 Å². The summed E-state index contributed by atoms with van der Waals surface area (Å²) in [6.45, 7) is 12.8. The summed E-state index contributed by atoms with van der Waals surface area (Å²) < 4.78 is 8.45. The first-order chi connectivity index (χ1) is 9.99. The Morgan fingerprint density at radius 2 is 2.14 bits per heavy atom. The minimum absolute atomic E-state index is 0.0520. The molecule has 1 aromatic heterocycles. The Hall–Kier alpha value is -1.03. The van der Waals surface area contributed by atoms with Crippen LogP contribution in [0.25, 0.3) is 0 Å². The molecule has 4 heteroatoms. The molecule has 1 atom stereocenters. The SMILES string of the molecule is CCC1(CC)CC(n2cc(C)nc2NCC(C)C)CCO1. The Bertz CT molecular complexity index is 449. The Balaban J connectivity index is 2.16. The molecular weight excluding hydrogens is 262 g/mol. The maximum Gasteiger partial charge on any atom is 0.203 e. The number of anilines is 1. The van der Waals surface area contributed by atoms with Crippen molar-refractivity contribution in [1.82, 2.24) is 9.55 Å². The molecule has 0 aromatic carbocycles. The van der Waals surface area contributed by atoms with Crippen molar-refractivity contribution in [2.24, 2.45) is 5.92 Å². The van der Waals surface area contributed by atoms with E-state index in [2.05, 4.69) is 55.7 Å². The molecular formula is C17H31N3O. The summed E-state index contributed by atoms with van der Waals surface area (Å²) in [5, 5.41) is 3.51. The molecule has 0 amide bonds. The van der Waals surface area contributed by atoms with Gasteiger partial charge in [-0.25, -0.2) is 4.98 Å². The minimum Gasteiger partial charge on any atom is -0.375 e. The monoisotopic (exact) mass is 293 g/mol. The van der Waals surface area contributed by atoms with Gasteiger partial charge in [-0.15, -0.1) is 0 Å². The summed E-state index contributed by atoms with van der Waals surface area (Å²) in [4.78, 5) is 4.67. The van der Waals surface area contributed by atoms with E-state index in [1.54, 1.807) is 0 Å². The van der Waals surface area contributed by atoms with Gasteiger partial charge in [-0.3, -0.25) is 0 Å². The zero-order valence-corrected chi connectivity index (χ0v) is 14.3. The molecule has 0 spiro atoms. The number of nitrogens with one attached hydrogen (secondary N) is 1. The number of hydrogen-bond acceptors (Lipinski definition) is 3. The second kappa shape index (κ2) is 6.82. The highest BCUT2D eigenvalue weighted by molar-refractivity contribution is 5.30. The van der Waals surface area contributed by atoms with Crippen LogP contribution in [-0.2, 0) is 4.74 Å². The Morgan fingerprint density at radius 1 is 1.43 bits per heavy atom. The first kappa shape index (κ1) is 16.3. The van der Waals surface area contributed by atoms with Gasteiger partial charge in [0, 0.05) is 25.4 Å². The molecule has 0 saturated carbocycles. The summed E-state index contributed by atoms with van der Waals surface area (Å²) in [7, 11) is 0. The van der Waals surface area contributed by atoms with Crippen LogP contribution in [0.15, 0.2) is 6.20 Å². The zero-order valence-electron chi connectivity index (χ0n) is 14.3. The molecule has 2 heterocycles. The van der Waals surface area contributed by atoms with E-state index in [1.165, 1.54) is 0 Å². The van der Waals surface area contributed by atoms with E-state index in [1.807, 2.05) is 0 Å². The summed E-state index contributed by atoms with van der Waals surface area (Å²) in [6.07, 6.45) is 6.53. The van der Waals surface area contributed by atoms with E-state index in [0.717, 1.165) is 50.5 Å². The lowest BCUT2D eigenvalue weighted by Crippen LogP contribution is -2.39. The second-order valence-corrected chi connectivity index (χ2v) is 6.77. The third-order valence-corrected chi connectivity index (χ3v) is 4.67. The van der Waals surface area contributed by atoms with Crippen molar-refractivity contribution in [3.05, 3.63) is 11.9 Å². The maximum absolute atomic E-state index is 6.11. The van der Waals surface area contributed by atoms with Gasteiger partial charge >= 0.3 is 0 Å². The number of ether oxygens (including phenoxy) is 1. The quantitative estimate of drug-likeness (QED) is 0.855. The van der Waals surface area contributed by atoms with Crippen molar-refractivity contribution in [2.75, 3.05) is 18.5 Å². The van der Waals surface area contributed by atoms with Crippen LogP contribution >= 0.6 is 0 Å². The molecule has 0 aliphatic carbocycles. The van der Waals surface area contributed by atoms with E-state index in [4.69, 9.17) is 4.74 Å². The summed E-state index contributed by atoms with van der Waals surface area (Å²) in [5.74, 6) is 1.64. The smallest absolute Gasteiger partial charge is 0.203 e. The van der Waals surface area contributed by atoms with E-state index < -0.39 is 0 Å². The maximum atomic E-state index is 6.11. The van der Waals surface area contributed by atoms with Crippen LogP contribution in [0.1, 0.15) is 65.1 Å². The topological polar surface area (TPSA) is 39.1 Å². The Kier molecular flexibility index (Phi) is 5.31. The standard InChI is InChI=1S/C17H31N3O/c1-6-17(7-2)10-15(8-9-21-17)20-12-14(5)19-16(20)18-11-13(3)4/h12-13,15H,6-11H2,1-5H3,(H,18,19). The van der Waals surface area contributed by atoms with Crippen LogP contribution in [0.4, 0.5) is 5.95 Å². The normalized spacial score (nSPS) is 21.7. The first-order valence-corrected chi connectivity index (χ1v) is 8.43. The molecule has 4 nitrogen and oxygen atoms in total. The van der Waals surface area contributed by atoms with E-state index >= 15 is 0 Å². The third-order valence-electron chi connectivity index (χ3n) is 4.67. The van der Waals surface area contributed by atoms with Crippen LogP contribution in [0.2, 0.25) is 0 Å². The van der Waals surface area contributed by atoms with Crippen molar-refractivity contribution in [3.8, 4) is 0 Å². The molecule has 120 valence electrons. The first-order valence-electron chi connectivity index (χ1n) is 8.43. The molecule has 0 bridgehead atoms. The molecule has 1 unspecified atom stereocenters. The van der Waals surface area contributed by atoms with Crippen LogP contribution in [0.5, 0.6) is 0 Å². The third kappa shape index (κ3) is 3.79. The van der Waals surface area contributed by atoms with Gasteiger partial charge in [0.25, 0.3) is 0 Å². The van der Waals surface area contributed by atoms with Gasteiger partial charge in [0.05, 0.1) is 11.3 Å². The number of aryl methyl sites for hydroxylation is 1. The van der Waals surface area contributed by atoms with Gasteiger partial charge in [-0.05, 0) is 38.5 Å². The molecule has 1 aliphatic heterocycles. The second-order valence-electron chi connectivity index (χ2n) is 6.77. The summed E-state index contributed by atoms with van der Waals surface area (Å²) in [6, 6.07) is 0.495. The van der Waals surface area contributed by atoms with Crippen molar-refractivity contribution >= 4 is 5.95 Å². The van der Waals surface area contributed by atoms with Crippen molar-refractivity contribution in [1.29, 1.82) is 0 Å². The number of hydrogen-bond donors (Lipinski definition) is 1. The van der Waals surface area contributed by atoms with Crippen LogP contribution in [0, 0.1) is 12.8 Å². The molecule has 1 fully saturated rings. The molecule has 21 heavy (non-hydrogen) atoms. The zero-order chi connectivity index (χ0) is 15.5. The van der Waals surface area contributed by atoms with Crippen molar-refractivity contribution < 1.29 is 4.74 Å². The lowest BCUT2D eigenvalue weighted by Gasteiger charge is -2.40. The number of rotatable bonds is 6. The lowest BCUT2D eigenvalue weighted by molar-refractivity contribution is -0.0984. The average Bonchev–Trinajstić information content (AvgIpc) is 2.86. The summed E-state index contributed by atoms with van der Waals surface area (Å²) >= 11 is 0. The molecule has 0 radical (unpaired) electrons. The van der Waals surface area contributed by atoms with Crippen molar-refractivity contribution in [3.63, 3.8) is 0 Å². The molecule has 2 rings (SSSR count). The highest BCUT2D eigenvalue weighted by Gasteiger charge is 2.35. The largest absolute Gasteiger partial charge is 0.375 e. The predicted octanol–water partition coefficient (Wildman–Crippen LogP) is 4.17. The number of nitrogens with zero attached hydrogens (tertiary/aromatic N) is 2. The fourth-order valence-corrected chi connectivity index (χ4v) is 3.20. The molecule has 1 aromatic rings. The van der Waals surface area contributed by atoms with Gasteiger partial charge in [0.1, 0.15) is 0 Å². The highest BCUT2D eigenvalue weighted by atomic mass is 16.5. The van der Waals surface area contributed by atoms with Crippen LogP contribution < -0.4 is 5.32 Å². The predicted molar refractivity (Wildman–Crippen MR) is 87.8 cm³/mol. The van der Waals surface area contributed by atoms with Gasteiger partial charge in [0.15, 0.2) is 0 Å². The van der Waals surface area contributed by atoms with Crippen LogP contribution in [-0.4, -0.2) is 28.3 Å². The van der Waals surface area contributed by atoms with E-state index in [0.29, 0.717) is 12.0 Å². The minimum atomic E-state index is 0.0520. The summed E-state index contributed by atoms with van der Waals surface area (Å²) in [5.41, 5.74) is 1.14. The molecule has 1 N–H and O–H groups in total.